The lowest BCUT2D eigenvalue weighted by atomic mass is 9.92. The van der Waals surface area contributed by atoms with Gasteiger partial charge in [0.1, 0.15) is 0 Å². The Hall–Kier alpha value is -1.56. The molecule has 0 bridgehead atoms. The van der Waals surface area contributed by atoms with Crippen molar-refractivity contribution in [2.45, 2.75) is 12.0 Å². The number of benzene rings is 1. The maximum absolute atomic E-state index is 10.5. The Morgan fingerprint density at radius 3 is 2.50 bits per heavy atom. The molecule has 20 heavy (non-hydrogen) atoms. The van der Waals surface area contributed by atoms with Crippen molar-refractivity contribution in [3.63, 3.8) is 0 Å². The predicted molar refractivity (Wildman–Crippen MR) is 80.6 cm³/mol. The fourth-order valence-corrected chi connectivity index (χ4v) is 2.96. The van der Waals surface area contributed by atoms with E-state index in [0.29, 0.717) is 18.0 Å². The normalized spacial score (nSPS) is 13.8. The lowest BCUT2D eigenvalue weighted by molar-refractivity contribution is 0.151. The zero-order valence-corrected chi connectivity index (χ0v) is 12.4. The van der Waals surface area contributed by atoms with Crippen molar-refractivity contribution in [1.29, 1.82) is 0 Å². The summed E-state index contributed by atoms with van der Waals surface area (Å²) >= 11 is 1.53. The van der Waals surface area contributed by atoms with Crippen LogP contribution in [-0.2, 0) is 0 Å². The van der Waals surface area contributed by atoms with Crippen molar-refractivity contribution in [1.82, 2.24) is 0 Å². The third-order valence-corrected chi connectivity index (χ3v) is 4.25. The topological polar surface area (TPSA) is 64.7 Å². The fourth-order valence-electron chi connectivity index (χ4n) is 2.19. The highest BCUT2D eigenvalue weighted by atomic mass is 32.1. The van der Waals surface area contributed by atoms with Gasteiger partial charge >= 0.3 is 0 Å². The second-order valence-corrected chi connectivity index (χ2v) is 5.40. The van der Waals surface area contributed by atoms with E-state index in [9.17, 15) is 5.11 Å². The highest BCUT2D eigenvalue weighted by Gasteiger charge is 2.23. The first kappa shape index (κ1) is 14.8. The first-order chi connectivity index (χ1) is 9.71. The number of nitrogens with two attached hydrogens (primary N) is 1. The van der Waals surface area contributed by atoms with Crippen LogP contribution in [0.3, 0.4) is 0 Å². The molecule has 0 saturated carbocycles. The smallest absolute Gasteiger partial charge is 0.160 e. The van der Waals surface area contributed by atoms with E-state index in [-0.39, 0.29) is 5.92 Å². The molecule has 1 heterocycles. The number of methoxy groups -OCH3 is 2. The van der Waals surface area contributed by atoms with Crippen molar-refractivity contribution in [3.8, 4) is 11.5 Å². The lowest BCUT2D eigenvalue weighted by Crippen LogP contribution is -2.19. The molecular weight excluding hydrogens is 274 g/mol. The van der Waals surface area contributed by atoms with Gasteiger partial charge < -0.3 is 20.3 Å². The Bertz CT molecular complexity index is 542. The highest BCUT2D eigenvalue weighted by molar-refractivity contribution is 7.10. The first-order valence-corrected chi connectivity index (χ1v) is 7.22. The second-order valence-electron chi connectivity index (χ2n) is 4.42. The molecule has 108 valence electrons. The lowest BCUT2D eigenvalue weighted by Gasteiger charge is -2.22. The zero-order valence-electron chi connectivity index (χ0n) is 11.6. The van der Waals surface area contributed by atoms with Crippen LogP contribution in [0.15, 0.2) is 35.7 Å². The third-order valence-electron chi connectivity index (χ3n) is 3.31. The van der Waals surface area contributed by atoms with Gasteiger partial charge in [0.2, 0.25) is 0 Å². The zero-order chi connectivity index (χ0) is 14.5. The van der Waals surface area contributed by atoms with Gasteiger partial charge in [-0.25, -0.2) is 0 Å². The molecule has 0 fully saturated rings. The van der Waals surface area contributed by atoms with Crippen LogP contribution in [0, 0.1) is 0 Å². The minimum Gasteiger partial charge on any atom is -0.493 e. The Balaban J connectivity index is 2.32. The summed E-state index contributed by atoms with van der Waals surface area (Å²) in [6.07, 6.45) is -0.613. The number of aliphatic hydroxyl groups is 1. The van der Waals surface area contributed by atoms with Gasteiger partial charge in [0.25, 0.3) is 0 Å². The molecule has 0 aliphatic heterocycles. The molecule has 2 aromatic rings. The summed E-state index contributed by atoms with van der Waals surface area (Å²) in [5.74, 6) is 1.13. The summed E-state index contributed by atoms with van der Waals surface area (Å²) in [5, 5.41) is 12.4. The average molecular weight is 293 g/mol. The van der Waals surface area contributed by atoms with Crippen LogP contribution >= 0.6 is 11.3 Å². The van der Waals surface area contributed by atoms with E-state index in [1.54, 1.807) is 14.2 Å². The molecule has 5 heteroatoms. The van der Waals surface area contributed by atoms with Gasteiger partial charge in [0, 0.05) is 17.3 Å². The molecule has 2 rings (SSSR count). The molecular formula is C15H19NO3S. The molecule has 3 N–H and O–H groups in total. The Morgan fingerprint density at radius 1 is 1.20 bits per heavy atom. The van der Waals surface area contributed by atoms with Crippen LogP contribution in [0.5, 0.6) is 11.5 Å². The van der Waals surface area contributed by atoms with E-state index >= 15 is 0 Å². The summed E-state index contributed by atoms with van der Waals surface area (Å²) in [6.45, 7) is 0.356. The molecule has 2 atom stereocenters. The largest absolute Gasteiger partial charge is 0.493 e. The van der Waals surface area contributed by atoms with E-state index in [0.717, 1.165) is 10.4 Å². The monoisotopic (exact) mass is 293 g/mol. The first-order valence-electron chi connectivity index (χ1n) is 6.34. The SMILES string of the molecule is COc1ccc(C(CN)C(O)c2cccs2)cc1OC. The summed E-state index contributed by atoms with van der Waals surface area (Å²) in [7, 11) is 3.19. The number of ether oxygens (including phenoxy) is 2. The van der Waals surface area contributed by atoms with E-state index < -0.39 is 6.10 Å². The fraction of sp³-hybridized carbons (Fsp3) is 0.333. The van der Waals surface area contributed by atoms with Crippen LogP contribution in [-0.4, -0.2) is 25.9 Å². The number of hydrogen-bond donors (Lipinski definition) is 2. The Labute approximate surface area is 122 Å². The van der Waals surface area contributed by atoms with Gasteiger partial charge in [-0.1, -0.05) is 12.1 Å². The number of thiophene rings is 1. The van der Waals surface area contributed by atoms with Gasteiger partial charge in [-0.05, 0) is 29.1 Å². The summed E-state index contributed by atoms with van der Waals surface area (Å²) in [5.41, 5.74) is 6.78. The Kier molecular flexibility index (Phi) is 5.00. The Morgan fingerprint density at radius 2 is 1.95 bits per heavy atom. The predicted octanol–water partition coefficient (Wildman–Crippen LogP) is 2.54. The minimum atomic E-state index is -0.613. The van der Waals surface area contributed by atoms with Crippen LogP contribution < -0.4 is 15.2 Å². The second kappa shape index (κ2) is 6.74. The van der Waals surface area contributed by atoms with Crippen molar-refractivity contribution in [2.75, 3.05) is 20.8 Å². The van der Waals surface area contributed by atoms with Crippen molar-refractivity contribution in [2.24, 2.45) is 5.73 Å². The van der Waals surface area contributed by atoms with E-state index in [1.807, 2.05) is 35.7 Å². The molecule has 0 spiro atoms. The van der Waals surface area contributed by atoms with Gasteiger partial charge in [-0.15, -0.1) is 11.3 Å². The third kappa shape index (κ3) is 2.95. The van der Waals surface area contributed by atoms with Crippen LogP contribution in [0.4, 0.5) is 0 Å². The van der Waals surface area contributed by atoms with E-state index in [4.69, 9.17) is 15.2 Å². The van der Waals surface area contributed by atoms with Crippen LogP contribution in [0.1, 0.15) is 22.5 Å². The molecule has 0 radical (unpaired) electrons. The molecule has 1 aromatic heterocycles. The van der Waals surface area contributed by atoms with Crippen molar-refractivity contribution < 1.29 is 14.6 Å². The summed E-state index contributed by atoms with van der Waals surface area (Å²) in [6, 6.07) is 9.45. The molecule has 0 saturated heterocycles. The molecule has 1 aromatic carbocycles. The van der Waals surface area contributed by atoms with Crippen LogP contribution in [0.2, 0.25) is 0 Å². The van der Waals surface area contributed by atoms with Gasteiger partial charge in [-0.3, -0.25) is 0 Å². The maximum Gasteiger partial charge on any atom is 0.160 e. The standard InChI is InChI=1S/C15H19NO3S/c1-18-12-6-5-10(8-13(12)19-2)11(9-16)15(17)14-4-3-7-20-14/h3-8,11,15,17H,9,16H2,1-2H3. The summed E-state index contributed by atoms with van der Waals surface area (Å²) < 4.78 is 10.5. The van der Waals surface area contributed by atoms with Gasteiger partial charge in [0.05, 0.1) is 20.3 Å². The number of aliphatic hydroxyl groups excluding tert-OH is 1. The minimum absolute atomic E-state index is 0.173. The van der Waals surface area contributed by atoms with E-state index in [1.165, 1.54) is 11.3 Å². The molecule has 0 amide bonds. The average Bonchev–Trinajstić information content (AvgIpc) is 3.01. The molecule has 0 aliphatic carbocycles. The van der Waals surface area contributed by atoms with Gasteiger partial charge in [-0.2, -0.15) is 0 Å². The van der Waals surface area contributed by atoms with Crippen molar-refractivity contribution in [3.05, 3.63) is 46.2 Å². The highest BCUT2D eigenvalue weighted by Crippen LogP contribution is 2.36. The molecule has 4 nitrogen and oxygen atoms in total. The molecule has 0 aliphatic rings. The molecule has 2 unspecified atom stereocenters. The maximum atomic E-state index is 10.5. The summed E-state index contributed by atoms with van der Waals surface area (Å²) in [4.78, 5) is 0.912. The van der Waals surface area contributed by atoms with Gasteiger partial charge in [0.15, 0.2) is 11.5 Å². The number of hydrogen-bond acceptors (Lipinski definition) is 5. The number of rotatable bonds is 6. The van der Waals surface area contributed by atoms with Crippen molar-refractivity contribution >= 4 is 11.3 Å². The van der Waals surface area contributed by atoms with E-state index in [2.05, 4.69) is 0 Å². The quantitative estimate of drug-likeness (QED) is 0.859. The van der Waals surface area contributed by atoms with Crippen LogP contribution in [0.25, 0.3) is 0 Å².